The third-order valence-corrected chi connectivity index (χ3v) is 2.57. The summed E-state index contributed by atoms with van der Waals surface area (Å²) in [6, 6.07) is 5.74. The minimum Gasteiger partial charge on any atom is -0.396 e. The molecule has 2 aromatic rings. The highest BCUT2D eigenvalue weighted by Crippen LogP contribution is 2.27. The predicted molar refractivity (Wildman–Crippen MR) is 67.7 cm³/mol. The van der Waals surface area contributed by atoms with Crippen LogP contribution in [0.2, 0.25) is 0 Å². The number of pyridine rings is 1. The number of anilines is 3. The van der Waals surface area contributed by atoms with Gasteiger partial charge in [-0.15, -0.1) is 0 Å². The standard InChI is InChI=1S/C13H10F2N4/c1-7-2-3-9(14)12(11(7)15)19-13-10(17)4-8(5-16)6-18-13/h2-4,6H,17H2,1H3,(H,18,19). The number of nitrogens with one attached hydrogen (secondary N) is 1. The van der Waals surface area contributed by atoms with E-state index in [1.165, 1.54) is 25.3 Å². The van der Waals surface area contributed by atoms with E-state index < -0.39 is 11.6 Å². The van der Waals surface area contributed by atoms with Crippen molar-refractivity contribution in [3.8, 4) is 6.07 Å². The fraction of sp³-hybridized carbons (Fsp3) is 0.0769. The van der Waals surface area contributed by atoms with Gasteiger partial charge in [0.1, 0.15) is 17.6 Å². The number of rotatable bonds is 2. The monoisotopic (exact) mass is 260 g/mol. The largest absolute Gasteiger partial charge is 0.396 e. The number of halogens is 2. The van der Waals surface area contributed by atoms with E-state index in [4.69, 9.17) is 11.0 Å². The molecule has 3 N–H and O–H groups in total. The molecule has 0 fully saturated rings. The van der Waals surface area contributed by atoms with Crippen molar-refractivity contribution in [3.05, 3.63) is 47.2 Å². The van der Waals surface area contributed by atoms with Crippen LogP contribution in [-0.4, -0.2) is 4.98 Å². The molecule has 0 unspecified atom stereocenters. The number of aryl methyl sites for hydroxylation is 1. The van der Waals surface area contributed by atoms with Gasteiger partial charge >= 0.3 is 0 Å². The van der Waals surface area contributed by atoms with Crippen molar-refractivity contribution >= 4 is 17.2 Å². The Morgan fingerprint density at radius 3 is 2.74 bits per heavy atom. The minimum absolute atomic E-state index is 0.0994. The van der Waals surface area contributed by atoms with Gasteiger partial charge < -0.3 is 11.1 Å². The Hall–Kier alpha value is -2.68. The maximum absolute atomic E-state index is 13.8. The van der Waals surface area contributed by atoms with E-state index in [9.17, 15) is 8.78 Å². The first kappa shape index (κ1) is 12.8. The number of nitrogens with zero attached hydrogens (tertiary/aromatic N) is 2. The maximum Gasteiger partial charge on any atom is 0.153 e. The van der Waals surface area contributed by atoms with E-state index >= 15 is 0 Å². The predicted octanol–water partition coefficient (Wildman–Crippen LogP) is 2.87. The second kappa shape index (κ2) is 4.90. The van der Waals surface area contributed by atoms with E-state index in [0.717, 1.165) is 6.07 Å². The summed E-state index contributed by atoms with van der Waals surface area (Å²) in [5, 5.41) is 11.2. The fourth-order valence-corrected chi connectivity index (χ4v) is 1.54. The normalized spacial score (nSPS) is 10.0. The molecule has 0 aliphatic rings. The zero-order valence-electron chi connectivity index (χ0n) is 10.0. The molecule has 0 saturated carbocycles. The van der Waals surface area contributed by atoms with Crippen LogP contribution in [0.1, 0.15) is 11.1 Å². The molecule has 1 heterocycles. The van der Waals surface area contributed by atoms with Crippen LogP contribution >= 0.6 is 0 Å². The van der Waals surface area contributed by atoms with Crippen LogP contribution in [0.25, 0.3) is 0 Å². The van der Waals surface area contributed by atoms with Crippen LogP contribution < -0.4 is 11.1 Å². The van der Waals surface area contributed by atoms with Gasteiger partial charge in [0, 0.05) is 6.20 Å². The van der Waals surface area contributed by atoms with Gasteiger partial charge in [-0.2, -0.15) is 5.26 Å². The minimum atomic E-state index is -0.742. The summed E-state index contributed by atoms with van der Waals surface area (Å²) in [5.41, 5.74) is 6.06. The van der Waals surface area contributed by atoms with Crippen LogP contribution in [0.15, 0.2) is 24.4 Å². The Morgan fingerprint density at radius 1 is 1.37 bits per heavy atom. The molecule has 0 radical (unpaired) electrons. The second-order valence-electron chi connectivity index (χ2n) is 3.95. The highest BCUT2D eigenvalue weighted by molar-refractivity contribution is 5.70. The van der Waals surface area contributed by atoms with E-state index in [-0.39, 0.29) is 22.8 Å². The van der Waals surface area contributed by atoms with Crippen LogP contribution in [0.4, 0.5) is 26.0 Å². The number of nitrogens with two attached hydrogens (primary N) is 1. The summed E-state index contributed by atoms with van der Waals surface area (Å²) in [6.45, 7) is 1.52. The summed E-state index contributed by atoms with van der Waals surface area (Å²) in [6.07, 6.45) is 1.27. The highest BCUT2D eigenvalue weighted by atomic mass is 19.1. The molecule has 1 aromatic heterocycles. The lowest BCUT2D eigenvalue weighted by Gasteiger charge is -2.11. The Balaban J connectivity index is 2.42. The number of nitriles is 1. The number of hydrogen-bond donors (Lipinski definition) is 2. The van der Waals surface area contributed by atoms with Crippen LogP contribution in [-0.2, 0) is 0 Å². The van der Waals surface area contributed by atoms with Gasteiger partial charge in [-0.3, -0.25) is 0 Å². The molecule has 4 nitrogen and oxygen atoms in total. The smallest absolute Gasteiger partial charge is 0.153 e. The molecule has 0 aliphatic carbocycles. The summed E-state index contributed by atoms with van der Waals surface area (Å²) in [5.74, 6) is -1.35. The molecule has 0 aliphatic heterocycles. The van der Waals surface area contributed by atoms with Crippen molar-refractivity contribution in [1.82, 2.24) is 4.98 Å². The molecule has 0 bridgehead atoms. The van der Waals surface area contributed by atoms with Crippen molar-refractivity contribution in [2.24, 2.45) is 0 Å². The topological polar surface area (TPSA) is 74.7 Å². The van der Waals surface area contributed by atoms with E-state index in [1.807, 2.05) is 6.07 Å². The number of nitrogen functional groups attached to an aromatic ring is 1. The lowest BCUT2D eigenvalue weighted by molar-refractivity contribution is 0.585. The molecule has 6 heteroatoms. The number of hydrogen-bond acceptors (Lipinski definition) is 4. The van der Waals surface area contributed by atoms with E-state index in [1.54, 1.807) is 0 Å². The molecule has 0 amide bonds. The summed E-state index contributed by atoms with van der Waals surface area (Å²) >= 11 is 0. The first-order valence-corrected chi connectivity index (χ1v) is 5.40. The van der Waals surface area contributed by atoms with Crippen molar-refractivity contribution in [3.63, 3.8) is 0 Å². The zero-order chi connectivity index (χ0) is 14.0. The van der Waals surface area contributed by atoms with Gasteiger partial charge in [0.05, 0.1) is 11.3 Å². The molecular weight excluding hydrogens is 250 g/mol. The van der Waals surface area contributed by atoms with E-state index in [2.05, 4.69) is 10.3 Å². The van der Waals surface area contributed by atoms with Gasteiger partial charge in [-0.05, 0) is 24.6 Å². The summed E-state index contributed by atoms with van der Waals surface area (Å²) in [4.78, 5) is 3.86. The molecule has 19 heavy (non-hydrogen) atoms. The first-order chi connectivity index (χ1) is 9.02. The van der Waals surface area contributed by atoms with Gasteiger partial charge in [0.2, 0.25) is 0 Å². The second-order valence-corrected chi connectivity index (χ2v) is 3.95. The molecule has 2 rings (SSSR count). The van der Waals surface area contributed by atoms with Gasteiger partial charge in [-0.25, -0.2) is 13.8 Å². The first-order valence-electron chi connectivity index (χ1n) is 5.40. The summed E-state index contributed by atoms with van der Waals surface area (Å²) < 4.78 is 27.4. The van der Waals surface area contributed by atoms with Crippen molar-refractivity contribution < 1.29 is 8.78 Å². The highest BCUT2D eigenvalue weighted by Gasteiger charge is 2.13. The van der Waals surface area contributed by atoms with Crippen molar-refractivity contribution in [2.75, 3.05) is 11.1 Å². The van der Waals surface area contributed by atoms with Crippen molar-refractivity contribution in [1.29, 1.82) is 5.26 Å². The fourth-order valence-electron chi connectivity index (χ4n) is 1.54. The SMILES string of the molecule is Cc1ccc(F)c(Nc2ncc(C#N)cc2N)c1F. The average Bonchev–Trinajstić information content (AvgIpc) is 2.40. The Kier molecular flexibility index (Phi) is 3.29. The molecular formula is C13H10F2N4. The van der Waals surface area contributed by atoms with E-state index in [0.29, 0.717) is 5.56 Å². The van der Waals surface area contributed by atoms with Gasteiger partial charge in [-0.1, -0.05) is 6.07 Å². The molecule has 0 spiro atoms. The molecule has 0 saturated heterocycles. The average molecular weight is 260 g/mol. The Morgan fingerprint density at radius 2 is 2.11 bits per heavy atom. The Labute approximate surface area is 108 Å². The van der Waals surface area contributed by atoms with Crippen LogP contribution in [0.3, 0.4) is 0 Å². The Bertz CT molecular complexity index is 677. The lowest BCUT2D eigenvalue weighted by atomic mass is 10.2. The third-order valence-electron chi connectivity index (χ3n) is 2.57. The third kappa shape index (κ3) is 2.45. The number of aromatic nitrogens is 1. The van der Waals surface area contributed by atoms with Gasteiger partial charge in [0.15, 0.2) is 11.6 Å². The zero-order valence-corrected chi connectivity index (χ0v) is 10.0. The molecule has 0 atom stereocenters. The molecule has 1 aromatic carbocycles. The van der Waals surface area contributed by atoms with Crippen LogP contribution in [0.5, 0.6) is 0 Å². The number of benzene rings is 1. The maximum atomic E-state index is 13.8. The lowest BCUT2D eigenvalue weighted by Crippen LogP contribution is -2.04. The quantitative estimate of drug-likeness (QED) is 0.870. The molecule has 96 valence electrons. The van der Waals surface area contributed by atoms with Crippen LogP contribution in [0, 0.1) is 29.9 Å². The van der Waals surface area contributed by atoms with Crippen molar-refractivity contribution in [2.45, 2.75) is 6.92 Å². The van der Waals surface area contributed by atoms with Gasteiger partial charge in [0.25, 0.3) is 0 Å². The summed E-state index contributed by atoms with van der Waals surface area (Å²) in [7, 11) is 0.